The smallest absolute Gasteiger partial charge is 0.232 e. The number of carbonyl (C=O) groups is 1. The molecule has 1 fully saturated rings. The van der Waals surface area contributed by atoms with Crippen LogP contribution in [0.2, 0.25) is 0 Å². The number of benzene rings is 1. The Morgan fingerprint density at radius 1 is 1.29 bits per heavy atom. The van der Waals surface area contributed by atoms with E-state index >= 15 is 0 Å². The minimum Gasteiger partial charge on any atom is -0.396 e. The number of aryl methyl sites for hydroxylation is 1. The van der Waals surface area contributed by atoms with Crippen LogP contribution in [0.3, 0.4) is 0 Å². The van der Waals surface area contributed by atoms with Crippen molar-refractivity contribution in [3.63, 3.8) is 0 Å². The summed E-state index contributed by atoms with van der Waals surface area (Å²) < 4.78 is 0. The van der Waals surface area contributed by atoms with Gasteiger partial charge in [0.1, 0.15) is 0 Å². The van der Waals surface area contributed by atoms with Crippen molar-refractivity contribution < 1.29 is 9.90 Å². The minimum absolute atomic E-state index is 0.241. The van der Waals surface area contributed by atoms with Gasteiger partial charge < -0.3 is 10.0 Å². The molecule has 0 bridgehead atoms. The summed E-state index contributed by atoms with van der Waals surface area (Å²) in [5.74, 6) is 0.267. The van der Waals surface area contributed by atoms with Gasteiger partial charge in [-0.3, -0.25) is 4.79 Å². The molecule has 1 aliphatic rings. The summed E-state index contributed by atoms with van der Waals surface area (Å²) in [5, 5.41) is 8.81. The lowest BCUT2D eigenvalue weighted by Gasteiger charge is -2.43. The number of unbranched alkanes of at least 4 members (excludes halogenated alkanes) is 2. The number of hydrogen-bond donors (Lipinski definition) is 1. The van der Waals surface area contributed by atoms with E-state index in [0.717, 1.165) is 45.1 Å². The fourth-order valence-corrected chi connectivity index (χ4v) is 3.20. The Labute approximate surface area is 128 Å². The van der Waals surface area contributed by atoms with Crippen molar-refractivity contribution in [2.45, 2.75) is 50.9 Å². The monoisotopic (exact) mass is 289 g/mol. The Kier molecular flexibility index (Phi) is 5.40. The van der Waals surface area contributed by atoms with Crippen LogP contribution in [0.1, 0.15) is 49.7 Å². The first kappa shape index (κ1) is 16.0. The summed E-state index contributed by atoms with van der Waals surface area (Å²) in [4.78, 5) is 14.8. The van der Waals surface area contributed by atoms with E-state index in [-0.39, 0.29) is 17.9 Å². The van der Waals surface area contributed by atoms with Gasteiger partial charge in [0.25, 0.3) is 0 Å². The van der Waals surface area contributed by atoms with Crippen LogP contribution in [0.4, 0.5) is 0 Å². The SMILES string of the molecule is Cc1cccc(C2(C(=O)N(C)CCCCCO)CCC2)c1. The van der Waals surface area contributed by atoms with Gasteiger partial charge in [0.15, 0.2) is 0 Å². The van der Waals surface area contributed by atoms with Gasteiger partial charge in [-0.1, -0.05) is 36.2 Å². The minimum atomic E-state index is -0.280. The van der Waals surface area contributed by atoms with E-state index in [1.54, 1.807) is 0 Å². The molecular formula is C18H27NO2. The second-order valence-electron chi connectivity index (χ2n) is 6.32. The number of aliphatic hydroxyl groups excluding tert-OH is 1. The fraction of sp³-hybridized carbons (Fsp3) is 0.611. The molecule has 0 unspecified atom stereocenters. The summed E-state index contributed by atoms with van der Waals surface area (Å²) in [7, 11) is 1.91. The van der Waals surface area contributed by atoms with Crippen molar-refractivity contribution >= 4 is 5.91 Å². The van der Waals surface area contributed by atoms with Crippen LogP contribution in [-0.4, -0.2) is 36.1 Å². The summed E-state index contributed by atoms with van der Waals surface area (Å²) in [6, 6.07) is 8.40. The second-order valence-corrected chi connectivity index (χ2v) is 6.32. The lowest BCUT2D eigenvalue weighted by atomic mass is 9.63. The molecule has 116 valence electrons. The van der Waals surface area contributed by atoms with Crippen molar-refractivity contribution in [3.05, 3.63) is 35.4 Å². The summed E-state index contributed by atoms with van der Waals surface area (Å²) in [5.41, 5.74) is 2.12. The zero-order chi connectivity index (χ0) is 15.3. The predicted octanol–water partition coefficient (Wildman–Crippen LogP) is 3.04. The molecule has 0 heterocycles. The average molecular weight is 289 g/mol. The molecule has 1 amide bonds. The van der Waals surface area contributed by atoms with Gasteiger partial charge in [-0.05, 0) is 44.6 Å². The molecular weight excluding hydrogens is 262 g/mol. The summed E-state index contributed by atoms with van der Waals surface area (Å²) >= 11 is 0. The Bertz CT molecular complexity index is 480. The second kappa shape index (κ2) is 7.08. The third-order valence-electron chi connectivity index (χ3n) is 4.69. The Balaban J connectivity index is 2.04. The molecule has 3 nitrogen and oxygen atoms in total. The lowest BCUT2D eigenvalue weighted by molar-refractivity contribution is -0.139. The van der Waals surface area contributed by atoms with Crippen LogP contribution in [-0.2, 0) is 10.2 Å². The van der Waals surface area contributed by atoms with Gasteiger partial charge in [-0.2, -0.15) is 0 Å². The van der Waals surface area contributed by atoms with Crippen LogP contribution in [0.25, 0.3) is 0 Å². The number of carbonyl (C=O) groups excluding carboxylic acids is 1. The van der Waals surface area contributed by atoms with Crippen LogP contribution in [0.5, 0.6) is 0 Å². The number of likely N-dealkylation sites (N-methyl/N-ethyl adjacent to an activating group) is 1. The standard InChI is InChI=1S/C18H27NO2/c1-15-8-6-9-16(14-15)18(10-7-11-18)17(21)19(2)12-4-3-5-13-20/h6,8-9,14,20H,3-5,7,10-13H2,1-2H3. The number of aliphatic hydroxyl groups is 1. The van der Waals surface area contributed by atoms with Crippen molar-refractivity contribution in [3.8, 4) is 0 Å². The first-order chi connectivity index (χ1) is 10.1. The highest BCUT2D eigenvalue weighted by molar-refractivity contribution is 5.89. The quantitative estimate of drug-likeness (QED) is 0.784. The van der Waals surface area contributed by atoms with Gasteiger partial charge in [-0.25, -0.2) is 0 Å². The van der Waals surface area contributed by atoms with Crippen LogP contribution in [0.15, 0.2) is 24.3 Å². The molecule has 0 saturated heterocycles. The van der Waals surface area contributed by atoms with Crippen molar-refractivity contribution in [1.29, 1.82) is 0 Å². The Hall–Kier alpha value is -1.35. The zero-order valence-corrected chi connectivity index (χ0v) is 13.3. The van der Waals surface area contributed by atoms with Gasteiger partial charge in [0, 0.05) is 20.2 Å². The first-order valence-electron chi connectivity index (χ1n) is 8.04. The molecule has 0 atom stereocenters. The molecule has 1 saturated carbocycles. The molecule has 1 N–H and O–H groups in total. The highest BCUT2D eigenvalue weighted by atomic mass is 16.2. The third kappa shape index (κ3) is 3.46. The zero-order valence-electron chi connectivity index (χ0n) is 13.3. The molecule has 1 aliphatic carbocycles. The van der Waals surface area contributed by atoms with E-state index in [1.807, 2.05) is 11.9 Å². The molecule has 0 radical (unpaired) electrons. The molecule has 2 rings (SSSR count). The lowest BCUT2D eigenvalue weighted by Crippen LogP contribution is -2.50. The van der Waals surface area contributed by atoms with Gasteiger partial charge in [0.2, 0.25) is 5.91 Å². The van der Waals surface area contributed by atoms with E-state index in [9.17, 15) is 4.79 Å². The predicted molar refractivity (Wildman–Crippen MR) is 85.3 cm³/mol. The Morgan fingerprint density at radius 2 is 2.05 bits per heavy atom. The molecule has 0 aliphatic heterocycles. The maximum absolute atomic E-state index is 12.9. The average Bonchev–Trinajstić information content (AvgIpc) is 2.42. The molecule has 0 spiro atoms. The number of nitrogens with zero attached hydrogens (tertiary/aromatic N) is 1. The van der Waals surface area contributed by atoms with Crippen LogP contribution in [0, 0.1) is 6.92 Å². The van der Waals surface area contributed by atoms with Crippen LogP contribution < -0.4 is 0 Å². The topological polar surface area (TPSA) is 40.5 Å². The largest absolute Gasteiger partial charge is 0.396 e. The van der Waals surface area contributed by atoms with Crippen molar-refractivity contribution in [2.75, 3.05) is 20.2 Å². The summed E-state index contributed by atoms with van der Waals surface area (Å²) in [6.45, 7) is 3.11. The normalized spacial score (nSPS) is 16.3. The molecule has 3 heteroatoms. The number of amides is 1. The maximum Gasteiger partial charge on any atom is 0.232 e. The fourth-order valence-electron chi connectivity index (χ4n) is 3.20. The van der Waals surface area contributed by atoms with Gasteiger partial charge in [0.05, 0.1) is 5.41 Å². The van der Waals surface area contributed by atoms with E-state index < -0.39 is 0 Å². The maximum atomic E-state index is 12.9. The highest BCUT2D eigenvalue weighted by Crippen LogP contribution is 2.45. The first-order valence-corrected chi connectivity index (χ1v) is 8.04. The van der Waals surface area contributed by atoms with E-state index in [1.165, 1.54) is 11.1 Å². The molecule has 0 aromatic heterocycles. The third-order valence-corrected chi connectivity index (χ3v) is 4.69. The van der Waals surface area contributed by atoms with Crippen LogP contribution >= 0.6 is 0 Å². The van der Waals surface area contributed by atoms with E-state index in [0.29, 0.717) is 0 Å². The number of hydrogen-bond acceptors (Lipinski definition) is 2. The van der Waals surface area contributed by atoms with Gasteiger partial charge in [-0.15, -0.1) is 0 Å². The number of rotatable bonds is 7. The molecule has 1 aromatic carbocycles. The highest BCUT2D eigenvalue weighted by Gasteiger charge is 2.46. The van der Waals surface area contributed by atoms with Crippen molar-refractivity contribution in [1.82, 2.24) is 4.90 Å². The Morgan fingerprint density at radius 3 is 2.62 bits per heavy atom. The van der Waals surface area contributed by atoms with E-state index in [4.69, 9.17) is 5.11 Å². The molecule has 1 aromatic rings. The van der Waals surface area contributed by atoms with E-state index in [2.05, 4.69) is 31.2 Å². The summed E-state index contributed by atoms with van der Waals surface area (Å²) in [6.07, 6.45) is 5.84. The van der Waals surface area contributed by atoms with Gasteiger partial charge >= 0.3 is 0 Å². The van der Waals surface area contributed by atoms with Crippen molar-refractivity contribution in [2.24, 2.45) is 0 Å². The molecule has 21 heavy (non-hydrogen) atoms.